The first-order chi connectivity index (χ1) is 11.9. The summed E-state index contributed by atoms with van der Waals surface area (Å²) in [7, 11) is 0. The standard InChI is InChI=1S/C16H8Cl2N2O4S/c17-10-2-1-3-11(8-10)19-15(21)14(25-16(19)22)7-9-4-5-12(18)13(6-9)20(23)24/h1-8H/b14-7+. The molecule has 2 aromatic rings. The zero-order chi connectivity index (χ0) is 18.1. The highest BCUT2D eigenvalue weighted by Gasteiger charge is 2.36. The Morgan fingerprint density at radius 2 is 1.88 bits per heavy atom. The summed E-state index contributed by atoms with van der Waals surface area (Å²) in [5.74, 6) is -0.519. The number of benzene rings is 2. The van der Waals surface area contributed by atoms with Gasteiger partial charge >= 0.3 is 0 Å². The fourth-order valence-corrected chi connectivity index (χ4v) is 3.43. The number of amides is 2. The third-order valence-corrected chi connectivity index (χ3v) is 4.75. The van der Waals surface area contributed by atoms with Crippen LogP contribution in [0.4, 0.5) is 16.2 Å². The van der Waals surface area contributed by atoms with Gasteiger partial charge in [0.1, 0.15) is 5.02 Å². The van der Waals surface area contributed by atoms with Gasteiger partial charge in [-0.25, -0.2) is 4.90 Å². The minimum atomic E-state index is -0.614. The van der Waals surface area contributed by atoms with Crippen LogP contribution in [0.5, 0.6) is 0 Å². The number of hydrogen-bond acceptors (Lipinski definition) is 5. The lowest BCUT2D eigenvalue weighted by Gasteiger charge is -2.12. The molecule has 2 amide bonds. The number of rotatable bonds is 3. The minimum absolute atomic E-state index is 0.00539. The number of nitrogens with zero attached hydrogens (tertiary/aromatic N) is 2. The molecule has 25 heavy (non-hydrogen) atoms. The molecule has 0 atom stereocenters. The summed E-state index contributed by atoms with van der Waals surface area (Å²) >= 11 is 12.4. The molecule has 0 aliphatic carbocycles. The second-order valence-corrected chi connectivity index (χ2v) is 6.80. The van der Waals surface area contributed by atoms with Gasteiger partial charge in [-0.15, -0.1) is 0 Å². The van der Waals surface area contributed by atoms with Crippen LogP contribution in [0.25, 0.3) is 6.08 Å². The summed E-state index contributed by atoms with van der Waals surface area (Å²) in [5.41, 5.74) is 0.484. The summed E-state index contributed by atoms with van der Waals surface area (Å²) in [6.07, 6.45) is 1.42. The molecule has 2 aromatic carbocycles. The van der Waals surface area contributed by atoms with E-state index in [1.165, 1.54) is 30.3 Å². The number of hydrogen-bond donors (Lipinski definition) is 0. The molecule has 0 saturated carbocycles. The molecule has 1 aliphatic rings. The molecule has 6 nitrogen and oxygen atoms in total. The largest absolute Gasteiger partial charge is 0.298 e. The van der Waals surface area contributed by atoms with Crippen molar-refractivity contribution >= 4 is 63.6 Å². The van der Waals surface area contributed by atoms with Crippen molar-refractivity contribution in [3.63, 3.8) is 0 Å². The number of carbonyl (C=O) groups excluding carboxylic acids is 2. The quantitative estimate of drug-likeness (QED) is 0.408. The van der Waals surface area contributed by atoms with Crippen LogP contribution >= 0.6 is 35.0 Å². The third kappa shape index (κ3) is 3.53. The second-order valence-electron chi connectivity index (χ2n) is 4.96. The van der Waals surface area contributed by atoms with E-state index in [4.69, 9.17) is 23.2 Å². The highest BCUT2D eigenvalue weighted by Crippen LogP contribution is 2.37. The van der Waals surface area contributed by atoms with Crippen LogP contribution in [0.3, 0.4) is 0 Å². The molecule has 126 valence electrons. The van der Waals surface area contributed by atoms with Crippen molar-refractivity contribution in [2.45, 2.75) is 0 Å². The van der Waals surface area contributed by atoms with E-state index in [-0.39, 0.29) is 15.6 Å². The van der Waals surface area contributed by atoms with Crippen molar-refractivity contribution in [3.05, 3.63) is 73.1 Å². The summed E-state index contributed by atoms with van der Waals surface area (Å²) in [4.78, 5) is 36.2. The Hall–Kier alpha value is -2.35. The van der Waals surface area contributed by atoms with Gasteiger partial charge < -0.3 is 0 Å². The lowest BCUT2D eigenvalue weighted by molar-refractivity contribution is -0.384. The predicted molar refractivity (Wildman–Crippen MR) is 98.0 cm³/mol. The molecular formula is C16H8Cl2N2O4S. The maximum Gasteiger partial charge on any atom is 0.298 e. The van der Waals surface area contributed by atoms with Crippen LogP contribution in [0.15, 0.2) is 47.4 Å². The Morgan fingerprint density at radius 1 is 1.12 bits per heavy atom. The number of halogens is 2. The highest BCUT2D eigenvalue weighted by atomic mass is 35.5. The number of thioether (sulfide) groups is 1. The second kappa shape index (κ2) is 6.87. The lowest BCUT2D eigenvalue weighted by atomic mass is 10.2. The van der Waals surface area contributed by atoms with Crippen molar-refractivity contribution in [2.24, 2.45) is 0 Å². The first-order valence-corrected chi connectivity index (χ1v) is 8.41. The Bertz CT molecular complexity index is 945. The molecule has 0 spiro atoms. The topological polar surface area (TPSA) is 80.5 Å². The van der Waals surface area contributed by atoms with Gasteiger partial charge in [0.15, 0.2) is 0 Å². The van der Waals surface area contributed by atoms with Crippen molar-refractivity contribution in [3.8, 4) is 0 Å². The fourth-order valence-electron chi connectivity index (χ4n) is 2.22. The molecular weight excluding hydrogens is 387 g/mol. The SMILES string of the molecule is O=C1S/C(=C/c2ccc(Cl)c([N+](=O)[O-])c2)C(=O)N1c1cccc(Cl)c1. The highest BCUT2D eigenvalue weighted by molar-refractivity contribution is 8.19. The first kappa shape index (κ1) is 17.5. The molecule has 1 aliphatic heterocycles. The summed E-state index contributed by atoms with van der Waals surface area (Å²) < 4.78 is 0. The Balaban J connectivity index is 1.96. The van der Waals surface area contributed by atoms with Gasteiger partial charge in [0.25, 0.3) is 16.8 Å². The maximum atomic E-state index is 12.5. The zero-order valence-electron chi connectivity index (χ0n) is 12.3. The van der Waals surface area contributed by atoms with Crippen molar-refractivity contribution in [1.29, 1.82) is 0 Å². The van der Waals surface area contributed by atoms with E-state index in [0.29, 0.717) is 16.3 Å². The normalized spacial score (nSPS) is 15.9. The smallest absolute Gasteiger partial charge is 0.268 e. The van der Waals surface area contributed by atoms with Gasteiger partial charge in [-0.3, -0.25) is 19.7 Å². The number of anilines is 1. The van der Waals surface area contributed by atoms with E-state index in [0.717, 1.165) is 16.7 Å². The maximum absolute atomic E-state index is 12.5. The van der Waals surface area contributed by atoms with Crippen LogP contribution in [0.1, 0.15) is 5.56 Å². The number of nitro benzene ring substituents is 1. The Labute approximate surface area is 156 Å². The molecule has 1 heterocycles. The van der Waals surface area contributed by atoms with Gasteiger partial charge in [0, 0.05) is 11.1 Å². The van der Waals surface area contributed by atoms with Crippen LogP contribution in [0.2, 0.25) is 10.0 Å². The van der Waals surface area contributed by atoms with Crippen LogP contribution in [-0.4, -0.2) is 16.1 Å². The van der Waals surface area contributed by atoms with Crippen LogP contribution in [-0.2, 0) is 4.79 Å². The van der Waals surface area contributed by atoms with Gasteiger partial charge in [-0.05, 0) is 47.7 Å². The Kier molecular flexibility index (Phi) is 4.80. The zero-order valence-corrected chi connectivity index (χ0v) is 14.6. The third-order valence-electron chi connectivity index (χ3n) is 3.32. The van der Waals surface area contributed by atoms with Crippen LogP contribution in [0, 0.1) is 10.1 Å². The van der Waals surface area contributed by atoms with E-state index in [9.17, 15) is 19.7 Å². The molecule has 9 heteroatoms. The van der Waals surface area contributed by atoms with Gasteiger partial charge in [0.2, 0.25) is 0 Å². The van der Waals surface area contributed by atoms with Crippen molar-refractivity contribution in [1.82, 2.24) is 0 Å². The lowest BCUT2D eigenvalue weighted by Crippen LogP contribution is -2.27. The molecule has 0 N–H and O–H groups in total. The molecule has 0 aromatic heterocycles. The van der Waals surface area contributed by atoms with Gasteiger partial charge in [-0.1, -0.05) is 35.3 Å². The van der Waals surface area contributed by atoms with Crippen LogP contribution < -0.4 is 4.90 Å². The average molecular weight is 395 g/mol. The van der Waals surface area contributed by atoms with E-state index in [1.54, 1.807) is 18.2 Å². The van der Waals surface area contributed by atoms with E-state index in [2.05, 4.69) is 0 Å². The van der Waals surface area contributed by atoms with Crippen molar-refractivity contribution in [2.75, 3.05) is 4.90 Å². The van der Waals surface area contributed by atoms with Crippen molar-refractivity contribution < 1.29 is 14.5 Å². The predicted octanol–water partition coefficient (Wildman–Crippen LogP) is 5.14. The molecule has 0 radical (unpaired) electrons. The first-order valence-electron chi connectivity index (χ1n) is 6.84. The Morgan fingerprint density at radius 3 is 2.56 bits per heavy atom. The fraction of sp³-hybridized carbons (Fsp3) is 0. The molecule has 0 unspecified atom stereocenters. The molecule has 1 fully saturated rings. The number of imide groups is 1. The molecule has 1 saturated heterocycles. The van der Waals surface area contributed by atoms with E-state index >= 15 is 0 Å². The molecule has 0 bridgehead atoms. The molecule has 3 rings (SSSR count). The minimum Gasteiger partial charge on any atom is -0.268 e. The van der Waals surface area contributed by atoms with Gasteiger partial charge in [0.05, 0.1) is 15.5 Å². The summed E-state index contributed by atoms with van der Waals surface area (Å²) in [6.45, 7) is 0. The number of carbonyl (C=O) groups is 2. The summed E-state index contributed by atoms with van der Waals surface area (Å²) in [6, 6.07) is 10.5. The van der Waals surface area contributed by atoms with E-state index < -0.39 is 16.1 Å². The number of nitro groups is 1. The average Bonchev–Trinajstić information content (AvgIpc) is 2.83. The van der Waals surface area contributed by atoms with E-state index in [1.807, 2.05) is 0 Å². The van der Waals surface area contributed by atoms with Gasteiger partial charge in [-0.2, -0.15) is 0 Å². The summed E-state index contributed by atoms with van der Waals surface area (Å²) in [5, 5.41) is 10.9. The monoisotopic (exact) mass is 394 g/mol.